The van der Waals surface area contributed by atoms with Crippen LogP contribution in [0.15, 0.2) is 0 Å². The number of hydrogen-bond donors (Lipinski definition) is 0. The van der Waals surface area contributed by atoms with E-state index in [1.54, 1.807) is 0 Å². The summed E-state index contributed by atoms with van der Waals surface area (Å²) in [5, 5.41) is 1.50. The van der Waals surface area contributed by atoms with E-state index >= 15 is 0 Å². The van der Waals surface area contributed by atoms with Crippen LogP contribution in [0.3, 0.4) is 0 Å². The van der Waals surface area contributed by atoms with Crippen LogP contribution in [0.5, 0.6) is 0 Å². The number of rotatable bonds is 0. The van der Waals surface area contributed by atoms with Gasteiger partial charge < -0.3 is 2.85 Å². The van der Waals surface area contributed by atoms with Crippen molar-refractivity contribution in [1.29, 1.82) is 0 Å². The Morgan fingerprint density at radius 3 is 2.00 bits per heavy atom. The Hall–Kier alpha value is 0.650. The van der Waals surface area contributed by atoms with Crippen LogP contribution in [0.2, 0.25) is 0 Å². The Morgan fingerprint density at radius 2 is 1.89 bits per heavy atom. The minimum Gasteiger partial charge on any atom is -1.00 e. The van der Waals surface area contributed by atoms with Crippen LogP contribution in [-0.2, 0) is 25.8 Å². The molecule has 0 aliphatic rings. The first-order chi connectivity index (χ1) is 3.72. The molecule has 0 nitrogen and oxygen atoms in total. The Kier molecular flexibility index (Phi) is 4.00. The van der Waals surface area contributed by atoms with Crippen LogP contribution in [0.4, 0.5) is 0 Å². The van der Waals surface area contributed by atoms with E-state index in [0.717, 1.165) is 8.19 Å². The third kappa shape index (κ3) is 2.05. The van der Waals surface area contributed by atoms with E-state index in [4.69, 9.17) is 0 Å². The van der Waals surface area contributed by atoms with E-state index in [9.17, 15) is 0 Å². The zero-order chi connectivity index (χ0) is 6.15. The summed E-state index contributed by atoms with van der Waals surface area (Å²) in [6.07, 6.45) is 0. The van der Waals surface area contributed by atoms with E-state index in [2.05, 4.69) is 26.6 Å². The predicted molar refractivity (Wildman–Crippen MR) is 41.2 cm³/mol. The monoisotopic (exact) mass is 172 g/mol. The Balaban J connectivity index is -0.000000213. The molecule has 1 aromatic heterocycles. The maximum absolute atomic E-state index is 3.29. The van der Waals surface area contributed by atoms with Gasteiger partial charge in [-0.2, -0.15) is 22.2 Å². The van der Waals surface area contributed by atoms with Gasteiger partial charge in [-0.05, 0) is 0 Å². The van der Waals surface area contributed by atoms with Crippen LogP contribution in [-0.4, -0.2) is 0 Å². The van der Waals surface area contributed by atoms with Gasteiger partial charge in [-0.1, -0.05) is 20.8 Å². The summed E-state index contributed by atoms with van der Waals surface area (Å²) in [6.45, 7) is 6.47. The van der Waals surface area contributed by atoms with Gasteiger partial charge in [0.15, 0.2) is 0 Å². The second-order valence-corrected chi connectivity index (χ2v) is 3.38. The van der Waals surface area contributed by atoms with Gasteiger partial charge in [0.25, 0.3) is 0 Å². The fraction of sp³-hybridized carbons (Fsp3) is 0.429. The summed E-state index contributed by atoms with van der Waals surface area (Å²) in [5.41, 5.74) is 2.80. The van der Waals surface area contributed by atoms with Gasteiger partial charge in [0.1, 0.15) is 0 Å². The Bertz CT molecular complexity index is 179. The Labute approximate surface area is 79.9 Å². The average Bonchev–Trinajstić information content (AvgIpc) is 1.98. The van der Waals surface area contributed by atoms with Crippen molar-refractivity contribution in [2.45, 2.75) is 20.8 Å². The van der Waals surface area contributed by atoms with Crippen LogP contribution in [0, 0.1) is 26.6 Å². The Morgan fingerprint density at radius 1 is 1.33 bits per heavy atom. The molecular weight excluding hydrogens is 160 g/mol. The first-order valence-corrected chi connectivity index (χ1v) is 3.75. The van der Waals surface area contributed by atoms with Crippen molar-refractivity contribution in [3.8, 4) is 0 Å². The normalized spacial score (nSPS) is 9.67. The van der Waals surface area contributed by atoms with Gasteiger partial charge in [-0.3, -0.25) is 8.19 Å². The summed E-state index contributed by atoms with van der Waals surface area (Å²) in [6, 6.07) is 0. The molecule has 1 heterocycles. The summed E-state index contributed by atoms with van der Waals surface area (Å²) in [4.78, 5) is 0. The van der Waals surface area contributed by atoms with Gasteiger partial charge in [0, 0.05) is 0 Å². The van der Waals surface area contributed by atoms with Crippen molar-refractivity contribution < 1.29 is 28.7 Å². The molecule has 0 bridgehead atoms. The maximum Gasteiger partial charge on any atom is 3.00 e. The first kappa shape index (κ1) is 9.65. The van der Waals surface area contributed by atoms with E-state index in [1.807, 2.05) is 0 Å². The van der Waals surface area contributed by atoms with E-state index < -0.39 is 0 Å². The molecule has 0 aliphatic carbocycles. The van der Waals surface area contributed by atoms with E-state index in [0.29, 0.717) is 0 Å². The molecule has 0 radical (unpaired) electrons. The van der Waals surface area contributed by atoms with Crippen molar-refractivity contribution >= 4 is 8.19 Å². The average molecular weight is 172 g/mol. The van der Waals surface area contributed by atoms with Gasteiger partial charge >= 0.3 is 25.8 Å². The molecule has 0 spiro atoms. The smallest absolute Gasteiger partial charge is 1.00 e. The third-order valence-electron chi connectivity index (χ3n) is 1.56. The molecule has 0 aromatic carbocycles. The second-order valence-electron chi connectivity index (χ2n) is 2.12. The van der Waals surface area contributed by atoms with Crippen molar-refractivity contribution in [3.63, 3.8) is 0 Å². The zero-order valence-corrected chi connectivity index (χ0v) is 8.88. The van der Waals surface area contributed by atoms with Gasteiger partial charge in [0.05, 0.1) is 0 Å². The molecule has 1 atom stereocenters. The standard InChI is InChI=1S/C7H10P.Sc.2H/c1-5-4-8-7(3)6(5)2;;;/h8H,1-3H3;;;/q-1;+3;2*-1. The van der Waals surface area contributed by atoms with Gasteiger partial charge in [-0.15, -0.1) is 0 Å². The molecule has 9 heavy (non-hydrogen) atoms. The molecular formula is C7H12PSc. The fourth-order valence-corrected chi connectivity index (χ4v) is 1.59. The van der Waals surface area contributed by atoms with Crippen molar-refractivity contribution in [3.05, 3.63) is 22.2 Å². The quantitative estimate of drug-likeness (QED) is 0.528. The molecule has 48 valence electrons. The summed E-state index contributed by atoms with van der Waals surface area (Å²) < 4.78 is 0. The molecule has 1 unspecified atom stereocenters. The van der Waals surface area contributed by atoms with Crippen LogP contribution >= 0.6 is 8.19 Å². The molecule has 0 N–H and O–H groups in total. The van der Waals surface area contributed by atoms with Crippen molar-refractivity contribution in [2.75, 3.05) is 0 Å². The molecule has 1 aromatic rings. The maximum atomic E-state index is 3.29. The summed E-state index contributed by atoms with van der Waals surface area (Å²) in [5.74, 6) is 3.29. The molecule has 0 fully saturated rings. The minimum atomic E-state index is 0. The number of hydrogen-bond acceptors (Lipinski definition) is 0. The SMILES string of the molecule is Cc1[c-][pH]c(C)c1C.[H-].[H-].[Sc+3]. The molecule has 1 rings (SSSR count). The third-order valence-corrected chi connectivity index (χ3v) is 2.81. The van der Waals surface area contributed by atoms with Crippen molar-refractivity contribution in [2.24, 2.45) is 0 Å². The minimum absolute atomic E-state index is 0. The molecule has 0 saturated carbocycles. The largest absolute Gasteiger partial charge is 3.00 e. The zero-order valence-electron chi connectivity index (χ0n) is 8.08. The predicted octanol–water partition coefficient (Wildman–Crippen LogP) is 2.67. The van der Waals surface area contributed by atoms with E-state index in [-0.39, 0.29) is 28.7 Å². The van der Waals surface area contributed by atoms with Gasteiger partial charge in [-0.25, -0.2) is 0 Å². The van der Waals surface area contributed by atoms with Gasteiger partial charge in [0.2, 0.25) is 0 Å². The van der Waals surface area contributed by atoms with Crippen LogP contribution in [0.25, 0.3) is 0 Å². The van der Waals surface area contributed by atoms with Crippen molar-refractivity contribution in [1.82, 2.24) is 0 Å². The molecule has 2 heteroatoms. The summed E-state index contributed by atoms with van der Waals surface area (Å²) >= 11 is 0. The molecule has 0 aliphatic heterocycles. The topological polar surface area (TPSA) is 0 Å². The summed E-state index contributed by atoms with van der Waals surface area (Å²) in [7, 11) is 0.836. The number of aryl methyl sites for hydroxylation is 2. The second kappa shape index (κ2) is 3.73. The van der Waals surface area contributed by atoms with E-state index in [1.165, 1.54) is 16.4 Å². The van der Waals surface area contributed by atoms with Crippen LogP contribution < -0.4 is 0 Å². The fourth-order valence-electron chi connectivity index (χ4n) is 0.656. The first-order valence-electron chi connectivity index (χ1n) is 2.75. The van der Waals surface area contributed by atoms with Crippen LogP contribution in [0.1, 0.15) is 19.3 Å². The molecule has 0 amide bonds. The molecule has 0 saturated heterocycles.